The third kappa shape index (κ3) is 5.31. The van der Waals surface area contributed by atoms with Gasteiger partial charge in [-0.15, -0.1) is 0 Å². The Labute approximate surface area is 188 Å². The molecular formula is C20H29ClN4O5S. The highest BCUT2D eigenvalue weighted by atomic mass is 35.5. The van der Waals surface area contributed by atoms with Crippen LogP contribution in [0, 0.1) is 0 Å². The maximum atomic E-state index is 13.1. The first-order valence-corrected chi connectivity index (χ1v) is 12.2. The van der Waals surface area contributed by atoms with Crippen LogP contribution in [0.5, 0.6) is 5.75 Å². The number of hydrogen-bond acceptors (Lipinski definition) is 6. The summed E-state index contributed by atoms with van der Waals surface area (Å²) >= 11 is 6.18. The van der Waals surface area contributed by atoms with Crippen LogP contribution in [-0.4, -0.2) is 86.8 Å². The van der Waals surface area contributed by atoms with Crippen molar-refractivity contribution in [2.75, 3.05) is 51.7 Å². The zero-order valence-electron chi connectivity index (χ0n) is 18.1. The van der Waals surface area contributed by atoms with Crippen molar-refractivity contribution in [3.05, 3.63) is 17.2 Å². The molecule has 1 saturated heterocycles. The Balaban J connectivity index is 1.65. The van der Waals surface area contributed by atoms with Gasteiger partial charge < -0.3 is 15.0 Å². The van der Waals surface area contributed by atoms with Crippen molar-refractivity contribution in [1.82, 2.24) is 14.1 Å². The molecule has 2 amide bonds. The number of sulfonamides is 1. The lowest BCUT2D eigenvalue weighted by Crippen LogP contribution is -2.53. The monoisotopic (exact) mass is 472 g/mol. The summed E-state index contributed by atoms with van der Waals surface area (Å²) in [5, 5.41) is 2.53. The minimum absolute atomic E-state index is 0.0534. The second-order valence-electron chi connectivity index (χ2n) is 7.93. The minimum atomic E-state index is -4.03. The molecule has 0 radical (unpaired) electrons. The average molecular weight is 473 g/mol. The van der Waals surface area contributed by atoms with Gasteiger partial charge in [0.15, 0.2) is 6.61 Å². The minimum Gasteiger partial charge on any atom is -0.482 e. The fraction of sp³-hybridized carbons (Fsp3) is 0.600. The van der Waals surface area contributed by atoms with Crippen LogP contribution in [0.1, 0.15) is 26.7 Å². The summed E-state index contributed by atoms with van der Waals surface area (Å²) < 4.78 is 32.4. The summed E-state index contributed by atoms with van der Waals surface area (Å²) in [6.45, 7) is 6.58. The molecule has 0 aliphatic carbocycles. The van der Waals surface area contributed by atoms with Crippen molar-refractivity contribution in [2.45, 2.75) is 37.6 Å². The summed E-state index contributed by atoms with van der Waals surface area (Å²) in [7, 11) is -2.68. The fourth-order valence-electron chi connectivity index (χ4n) is 3.83. The Kier molecular flexibility index (Phi) is 7.46. The van der Waals surface area contributed by atoms with E-state index in [9.17, 15) is 18.0 Å². The molecule has 2 aliphatic rings. The number of hydrogen-bond donors (Lipinski definition) is 1. The predicted molar refractivity (Wildman–Crippen MR) is 118 cm³/mol. The molecule has 0 spiro atoms. The van der Waals surface area contributed by atoms with Gasteiger partial charge in [-0.1, -0.05) is 24.9 Å². The first kappa shape index (κ1) is 23.8. The van der Waals surface area contributed by atoms with Crippen molar-refractivity contribution in [2.24, 2.45) is 0 Å². The molecule has 1 aromatic carbocycles. The van der Waals surface area contributed by atoms with Crippen LogP contribution in [0.3, 0.4) is 0 Å². The third-order valence-corrected chi connectivity index (χ3v) is 7.98. The maximum absolute atomic E-state index is 13.1. The molecule has 0 bridgehead atoms. The first-order chi connectivity index (χ1) is 14.6. The number of carbonyl (C=O) groups excluding carboxylic acids is 2. The number of likely N-dealkylation sites (N-methyl/N-ethyl adjacent to an activating group) is 1. The van der Waals surface area contributed by atoms with Gasteiger partial charge in [0.05, 0.1) is 17.3 Å². The van der Waals surface area contributed by atoms with Crippen LogP contribution in [0.2, 0.25) is 5.02 Å². The van der Waals surface area contributed by atoms with Gasteiger partial charge in [0.1, 0.15) is 10.6 Å². The van der Waals surface area contributed by atoms with Gasteiger partial charge in [-0.25, -0.2) is 8.42 Å². The van der Waals surface area contributed by atoms with Gasteiger partial charge in [0, 0.05) is 45.3 Å². The van der Waals surface area contributed by atoms with E-state index in [0.29, 0.717) is 24.8 Å². The molecule has 1 atom stereocenters. The summed E-state index contributed by atoms with van der Waals surface area (Å²) in [5.41, 5.74) is 0.314. The normalized spacial score (nSPS) is 18.4. The zero-order chi connectivity index (χ0) is 22.8. The zero-order valence-corrected chi connectivity index (χ0v) is 19.6. The van der Waals surface area contributed by atoms with Crippen molar-refractivity contribution in [3.8, 4) is 5.75 Å². The van der Waals surface area contributed by atoms with Gasteiger partial charge in [-0.2, -0.15) is 4.31 Å². The lowest BCUT2D eigenvalue weighted by Gasteiger charge is -2.38. The lowest BCUT2D eigenvalue weighted by molar-refractivity contribution is -0.133. The van der Waals surface area contributed by atoms with Crippen LogP contribution in [-0.2, 0) is 19.6 Å². The van der Waals surface area contributed by atoms with Crippen molar-refractivity contribution in [3.63, 3.8) is 0 Å². The number of nitrogens with one attached hydrogen (secondary N) is 1. The number of piperazine rings is 1. The van der Waals surface area contributed by atoms with Crippen LogP contribution in [0.25, 0.3) is 0 Å². The van der Waals surface area contributed by atoms with Gasteiger partial charge in [-0.05, 0) is 19.4 Å². The van der Waals surface area contributed by atoms with Gasteiger partial charge in [0.2, 0.25) is 15.9 Å². The Hall–Kier alpha value is -1.88. The van der Waals surface area contributed by atoms with E-state index >= 15 is 0 Å². The summed E-state index contributed by atoms with van der Waals surface area (Å²) in [5.74, 6) is -0.364. The van der Waals surface area contributed by atoms with E-state index in [4.69, 9.17) is 16.3 Å². The highest BCUT2D eigenvalue weighted by Gasteiger charge is 2.31. The highest BCUT2D eigenvalue weighted by molar-refractivity contribution is 7.89. The molecule has 0 aromatic heterocycles. The number of fused-ring (bicyclic) bond motifs is 1. The number of rotatable bonds is 7. The van der Waals surface area contributed by atoms with E-state index in [1.807, 2.05) is 0 Å². The smallest absolute Gasteiger partial charge is 0.262 e. The van der Waals surface area contributed by atoms with Crippen LogP contribution in [0.15, 0.2) is 17.0 Å². The molecule has 31 heavy (non-hydrogen) atoms. The summed E-state index contributed by atoms with van der Waals surface area (Å²) in [4.78, 5) is 28.1. The topological polar surface area (TPSA) is 99.3 Å². The third-order valence-electron chi connectivity index (χ3n) is 5.71. The lowest BCUT2D eigenvalue weighted by atomic mass is 10.1. The Bertz CT molecular complexity index is 947. The highest BCUT2D eigenvalue weighted by Crippen LogP contribution is 2.36. The van der Waals surface area contributed by atoms with E-state index in [-0.39, 0.29) is 40.6 Å². The first-order valence-electron chi connectivity index (χ1n) is 10.4. The van der Waals surface area contributed by atoms with E-state index in [0.717, 1.165) is 30.2 Å². The summed E-state index contributed by atoms with van der Waals surface area (Å²) in [6, 6.07) is 3.09. The van der Waals surface area contributed by atoms with Gasteiger partial charge in [0.25, 0.3) is 5.91 Å². The number of carbonyl (C=O) groups is 2. The molecule has 1 fully saturated rings. The molecule has 1 aromatic rings. The number of ether oxygens (including phenoxy) is 1. The van der Waals surface area contributed by atoms with Crippen molar-refractivity contribution < 1.29 is 22.7 Å². The number of anilines is 1. The Morgan fingerprint density at radius 3 is 2.61 bits per heavy atom. The molecule has 11 heteroatoms. The SMILES string of the molecule is CCC[C@@H](C)N1CCN(C(=O)CN(C)S(=O)(=O)c2cc3c(cc2Cl)NC(=O)CO3)CC1. The fourth-order valence-corrected chi connectivity index (χ4v) is 5.47. The maximum Gasteiger partial charge on any atom is 0.262 e. The average Bonchev–Trinajstić information content (AvgIpc) is 2.73. The van der Waals surface area contributed by atoms with Crippen molar-refractivity contribution >= 4 is 39.1 Å². The molecule has 2 heterocycles. The Morgan fingerprint density at radius 1 is 1.29 bits per heavy atom. The quantitative estimate of drug-likeness (QED) is 0.647. The number of halogens is 1. The molecule has 2 aliphatic heterocycles. The molecule has 0 unspecified atom stereocenters. The van der Waals surface area contributed by atoms with Gasteiger partial charge in [-0.3, -0.25) is 14.5 Å². The molecule has 3 rings (SSSR count). The molecule has 9 nitrogen and oxygen atoms in total. The number of amides is 2. The second kappa shape index (κ2) is 9.72. The van der Waals surface area contributed by atoms with E-state index in [2.05, 4.69) is 24.1 Å². The predicted octanol–water partition coefficient (Wildman–Crippen LogP) is 1.62. The number of nitrogens with zero attached hydrogens (tertiary/aromatic N) is 3. The molecule has 1 N–H and O–H groups in total. The molecular weight excluding hydrogens is 444 g/mol. The largest absolute Gasteiger partial charge is 0.482 e. The second-order valence-corrected chi connectivity index (χ2v) is 10.4. The van der Waals surface area contributed by atoms with Crippen molar-refractivity contribution in [1.29, 1.82) is 0 Å². The number of benzene rings is 1. The van der Waals surface area contributed by atoms with E-state index in [1.54, 1.807) is 4.90 Å². The van der Waals surface area contributed by atoms with E-state index < -0.39 is 10.0 Å². The van der Waals surface area contributed by atoms with Gasteiger partial charge >= 0.3 is 0 Å². The van der Waals surface area contributed by atoms with Crippen LogP contribution < -0.4 is 10.1 Å². The molecule has 0 saturated carbocycles. The Morgan fingerprint density at radius 2 is 1.97 bits per heavy atom. The molecule has 172 valence electrons. The standard InChI is InChI=1S/C20H29ClN4O5S/c1-4-5-14(2)24-6-8-25(9-7-24)20(27)12-23(3)31(28,29)18-11-17-16(10-15(18)21)22-19(26)13-30-17/h10-11,14H,4-9,12-13H2,1-3H3,(H,22,26)/t14-/m1/s1. The van der Waals surface area contributed by atoms with E-state index in [1.165, 1.54) is 19.2 Å². The summed E-state index contributed by atoms with van der Waals surface area (Å²) in [6.07, 6.45) is 2.23. The van der Waals surface area contributed by atoms with Crippen LogP contribution >= 0.6 is 11.6 Å². The van der Waals surface area contributed by atoms with Crippen LogP contribution in [0.4, 0.5) is 5.69 Å².